The van der Waals surface area contributed by atoms with Crippen LogP contribution in [0.3, 0.4) is 0 Å². The van der Waals surface area contributed by atoms with Gasteiger partial charge in [-0.1, -0.05) is 23.1 Å². The van der Waals surface area contributed by atoms with Crippen LogP contribution < -0.4 is 5.32 Å². The van der Waals surface area contributed by atoms with Gasteiger partial charge in [0.2, 0.25) is 5.91 Å². The zero-order valence-electron chi connectivity index (χ0n) is 13.3. The summed E-state index contributed by atoms with van der Waals surface area (Å²) in [4.78, 5) is 16.4. The molecule has 0 atom stereocenters. The number of carbonyl (C=O) groups is 1. The maximum Gasteiger partial charge on any atom is 0.236 e. The van der Waals surface area contributed by atoms with Gasteiger partial charge < -0.3 is 14.3 Å². The summed E-state index contributed by atoms with van der Waals surface area (Å²) in [6, 6.07) is 7.99. The Kier molecular flexibility index (Phi) is 4.67. The number of aromatic nitrogens is 4. The van der Waals surface area contributed by atoms with E-state index in [0.717, 1.165) is 5.76 Å². The summed E-state index contributed by atoms with van der Waals surface area (Å²) in [5.41, 5.74) is 0.651. The average molecular weight is 389 g/mol. The van der Waals surface area contributed by atoms with E-state index in [-0.39, 0.29) is 17.5 Å². The number of fused-ring (bicyclic) bond motifs is 1. The van der Waals surface area contributed by atoms with Crippen molar-refractivity contribution in [2.24, 2.45) is 0 Å². The van der Waals surface area contributed by atoms with Gasteiger partial charge in [-0.05, 0) is 30.3 Å². The molecule has 0 saturated carbocycles. The minimum absolute atomic E-state index is 0.154. The molecule has 0 unspecified atom stereocenters. The maximum absolute atomic E-state index is 13.2. The molecule has 4 aromatic rings. The highest BCUT2D eigenvalue weighted by Crippen LogP contribution is 2.26. The molecule has 3 aromatic heterocycles. The van der Waals surface area contributed by atoms with Crippen molar-refractivity contribution in [3.63, 3.8) is 0 Å². The molecule has 3 heterocycles. The highest BCUT2D eigenvalue weighted by Gasteiger charge is 2.12. The lowest BCUT2D eigenvalue weighted by molar-refractivity contribution is -0.113. The Morgan fingerprint density at radius 3 is 3.15 bits per heavy atom. The molecule has 1 aromatic carbocycles. The Morgan fingerprint density at radius 1 is 1.38 bits per heavy atom. The summed E-state index contributed by atoms with van der Waals surface area (Å²) in [6.45, 7) is 0.493. The first kappa shape index (κ1) is 16.7. The van der Waals surface area contributed by atoms with Crippen LogP contribution in [0, 0.1) is 5.82 Å². The fourth-order valence-corrected chi connectivity index (χ4v) is 3.89. The third-order valence-corrected chi connectivity index (χ3v) is 5.33. The number of rotatable bonds is 6. The Balaban J connectivity index is 1.37. The maximum atomic E-state index is 13.2. The van der Waals surface area contributed by atoms with Gasteiger partial charge >= 0.3 is 0 Å². The van der Waals surface area contributed by atoms with Gasteiger partial charge in [0.25, 0.3) is 0 Å². The minimum atomic E-state index is -0.328. The number of thiazole rings is 1. The summed E-state index contributed by atoms with van der Waals surface area (Å²) in [5.74, 6) is 0.381. The minimum Gasteiger partial charge on any atom is -0.467 e. The Labute approximate surface area is 155 Å². The second-order valence-corrected chi connectivity index (χ2v) is 7.26. The second-order valence-electron chi connectivity index (χ2n) is 5.29. The fourth-order valence-electron chi connectivity index (χ4n) is 2.27. The Morgan fingerprint density at radius 2 is 2.31 bits per heavy atom. The quantitative estimate of drug-likeness (QED) is 0.509. The van der Waals surface area contributed by atoms with Crippen LogP contribution in [0.5, 0.6) is 0 Å². The van der Waals surface area contributed by atoms with Crippen LogP contribution in [0.25, 0.3) is 10.2 Å². The molecule has 0 fully saturated rings. The van der Waals surface area contributed by atoms with Crippen molar-refractivity contribution in [2.45, 2.75) is 11.7 Å². The number of nitrogens with one attached hydrogen (secondary N) is 1. The van der Waals surface area contributed by atoms with Crippen LogP contribution in [0.4, 0.5) is 9.52 Å². The lowest BCUT2D eigenvalue weighted by Gasteiger charge is -2.04. The van der Waals surface area contributed by atoms with Gasteiger partial charge in [0.15, 0.2) is 10.3 Å². The van der Waals surface area contributed by atoms with Crippen LogP contribution in [-0.4, -0.2) is 31.4 Å². The Hall–Kier alpha value is -2.72. The van der Waals surface area contributed by atoms with Crippen molar-refractivity contribution in [3.8, 4) is 0 Å². The van der Waals surface area contributed by atoms with E-state index < -0.39 is 0 Å². The zero-order valence-corrected chi connectivity index (χ0v) is 14.9. The summed E-state index contributed by atoms with van der Waals surface area (Å²) in [7, 11) is 0. The van der Waals surface area contributed by atoms with E-state index in [4.69, 9.17) is 4.42 Å². The van der Waals surface area contributed by atoms with Gasteiger partial charge in [-0.3, -0.25) is 4.79 Å². The zero-order chi connectivity index (χ0) is 17.9. The molecular weight excluding hydrogens is 377 g/mol. The molecule has 0 aliphatic heterocycles. The number of carbonyl (C=O) groups excluding carboxylic acids is 1. The number of thioether (sulfide) groups is 1. The van der Waals surface area contributed by atoms with Crippen LogP contribution in [0.15, 0.2) is 52.5 Å². The molecule has 1 N–H and O–H groups in total. The van der Waals surface area contributed by atoms with Gasteiger partial charge in [-0.25, -0.2) is 9.37 Å². The molecule has 132 valence electrons. The monoisotopic (exact) mass is 389 g/mol. The van der Waals surface area contributed by atoms with Gasteiger partial charge in [-0.2, -0.15) is 0 Å². The second kappa shape index (κ2) is 7.26. The van der Waals surface area contributed by atoms with Gasteiger partial charge in [-0.15, -0.1) is 10.2 Å². The molecule has 1 amide bonds. The van der Waals surface area contributed by atoms with Gasteiger partial charge in [0, 0.05) is 0 Å². The smallest absolute Gasteiger partial charge is 0.236 e. The number of halogens is 1. The summed E-state index contributed by atoms with van der Waals surface area (Å²) >= 11 is 2.50. The molecule has 0 radical (unpaired) electrons. The van der Waals surface area contributed by atoms with Gasteiger partial charge in [0.05, 0.1) is 28.8 Å². The van der Waals surface area contributed by atoms with E-state index >= 15 is 0 Å². The number of furan rings is 1. The number of amides is 1. The molecule has 26 heavy (non-hydrogen) atoms. The molecule has 7 nitrogen and oxygen atoms in total. The molecule has 0 saturated heterocycles. The molecule has 0 aliphatic carbocycles. The average Bonchev–Trinajstić information content (AvgIpc) is 3.34. The topological polar surface area (TPSA) is 85.8 Å². The van der Waals surface area contributed by atoms with Crippen LogP contribution in [0.1, 0.15) is 5.76 Å². The Bertz CT molecular complexity index is 1040. The van der Waals surface area contributed by atoms with Crippen molar-refractivity contribution < 1.29 is 13.6 Å². The molecule has 10 heteroatoms. The summed E-state index contributed by atoms with van der Waals surface area (Å²) < 4.78 is 21.0. The number of anilines is 1. The van der Waals surface area contributed by atoms with Crippen LogP contribution in [-0.2, 0) is 11.3 Å². The first-order valence-corrected chi connectivity index (χ1v) is 9.36. The van der Waals surface area contributed by atoms with E-state index in [1.807, 2.05) is 12.1 Å². The number of hydrogen-bond acceptors (Lipinski definition) is 7. The van der Waals surface area contributed by atoms with Crippen LogP contribution in [0.2, 0.25) is 0 Å². The number of hydrogen-bond donors (Lipinski definition) is 1. The highest BCUT2D eigenvalue weighted by molar-refractivity contribution is 7.99. The standard InChI is InChI=1S/C16H12FN5O2S2/c17-10-3-4-12-13(6-10)26-15(19-12)20-14(23)8-25-16-21-18-9-22(16)7-11-2-1-5-24-11/h1-6,9H,7-8H2,(H,19,20,23). The normalized spacial score (nSPS) is 11.1. The van der Waals surface area contributed by atoms with Crippen molar-refractivity contribution in [1.82, 2.24) is 19.7 Å². The molecule has 0 spiro atoms. The van der Waals surface area contributed by atoms with E-state index in [0.29, 0.717) is 27.0 Å². The number of nitrogens with zero attached hydrogens (tertiary/aromatic N) is 4. The predicted octanol–water partition coefficient (Wildman–Crippen LogP) is 3.40. The van der Waals surface area contributed by atoms with Crippen molar-refractivity contribution >= 4 is 44.4 Å². The van der Waals surface area contributed by atoms with Crippen molar-refractivity contribution in [3.05, 3.63) is 54.5 Å². The lowest BCUT2D eigenvalue weighted by Crippen LogP contribution is -2.14. The fraction of sp³-hybridized carbons (Fsp3) is 0.125. The molecule has 0 bridgehead atoms. The first-order valence-electron chi connectivity index (χ1n) is 7.56. The van der Waals surface area contributed by atoms with Crippen molar-refractivity contribution in [1.29, 1.82) is 0 Å². The molecule has 4 rings (SSSR count). The van der Waals surface area contributed by atoms with E-state index in [2.05, 4.69) is 20.5 Å². The van der Waals surface area contributed by atoms with E-state index in [1.54, 1.807) is 23.2 Å². The third-order valence-electron chi connectivity index (χ3n) is 3.42. The van der Waals surface area contributed by atoms with E-state index in [9.17, 15) is 9.18 Å². The summed E-state index contributed by atoms with van der Waals surface area (Å²) in [6.07, 6.45) is 3.19. The SMILES string of the molecule is O=C(CSc1nncn1Cc1ccco1)Nc1nc2ccc(F)cc2s1. The molecule has 0 aliphatic rings. The summed E-state index contributed by atoms with van der Waals surface area (Å²) in [5, 5.41) is 11.7. The number of benzene rings is 1. The van der Waals surface area contributed by atoms with E-state index in [1.165, 1.54) is 35.2 Å². The third kappa shape index (κ3) is 3.75. The van der Waals surface area contributed by atoms with Crippen molar-refractivity contribution in [2.75, 3.05) is 11.1 Å². The first-order chi connectivity index (χ1) is 12.7. The van der Waals surface area contributed by atoms with Gasteiger partial charge in [0.1, 0.15) is 17.9 Å². The molecular formula is C16H12FN5O2S2. The highest BCUT2D eigenvalue weighted by atomic mass is 32.2. The van der Waals surface area contributed by atoms with Crippen LogP contribution >= 0.6 is 23.1 Å². The predicted molar refractivity (Wildman–Crippen MR) is 96.8 cm³/mol. The lowest BCUT2D eigenvalue weighted by atomic mass is 10.3. The largest absolute Gasteiger partial charge is 0.467 e.